The second-order valence-electron chi connectivity index (χ2n) is 4.79. The summed E-state index contributed by atoms with van der Waals surface area (Å²) in [5.41, 5.74) is 0. The highest BCUT2D eigenvalue weighted by molar-refractivity contribution is 9.09. The minimum Gasteiger partial charge on any atom is -0.379 e. The lowest BCUT2D eigenvalue weighted by molar-refractivity contribution is 0.0121. The molecule has 0 aromatic heterocycles. The van der Waals surface area contributed by atoms with Gasteiger partial charge in [0.15, 0.2) is 0 Å². The van der Waals surface area contributed by atoms with Crippen molar-refractivity contribution in [2.75, 3.05) is 45.0 Å². The molecular weight excluding hydrogens is 308 g/mol. The maximum atomic E-state index is 5.57. The number of unbranched alkanes of at least 4 members (excludes halogenated alkanes) is 1. The van der Waals surface area contributed by atoms with Crippen LogP contribution in [0.1, 0.15) is 46.0 Å². The summed E-state index contributed by atoms with van der Waals surface area (Å²) in [7, 11) is 0. The molecule has 0 aromatic rings. The monoisotopic (exact) mass is 338 g/mol. The van der Waals surface area contributed by atoms with Gasteiger partial charge in [0.25, 0.3) is 0 Å². The van der Waals surface area contributed by atoms with Crippen molar-refractivity contribution in [3.05, 3.63) is 0 Å². The smallest absolute Gasteiger partial charge is 0.0701 e. The first kappa shape index (κ1) is 19.4. The summed E-state index contributed by atoms with van der Waals surface area (Å²) in [5, 5.41) is 1.08. The van der Waals surface area contributed by atoms with Gasteiger partial charge >= 0.3 is 0 Å². The van der Waals surface area contributed by atoms with E-state index in [1.807, 2.05) is 0 Å². The number of hydrogen-bond acceptors (Lipinski definition) is 3. The Balaban J connectivity index is 3.09. The van der Waals surface area contributed by atoms with Gasteiger partial charge in [0.05, 0.1) is 26.4 Å². The molecule has 0 saturated heterocycles. The van der Waals surface area contributed by atoms with Gasteiger partial charge in [0.1, 0.15) is 0 Å². The molecule has 0 aliphatic rings. The maximum Gasteiger partial charge on any atom is 0.0701 e. The normalized spacial score (nSPS) is 12.8. The molecule has 0 saturated carbocycles. The van der Waals surface area contributed by atoms with Gasteiger partial charge in [-0.15, -0.1) is 0 Å². The highest BCUT2D eigenvalue weighted by atomic mass is 79.9. The zero-order valence-corrected chi connectivity index (χ0v) is 14.3. The van der Waals surface area contributed by atoms with Crippen LogP contribution in [0.3, 0.4) is 0 Å². The van der Waals surface area contributed by atoms with Gasteiger partial charge in [0.2, 0.25) is 0 Å². The van der Waals surface area contributed by atoms with E-state index >= 15 is 0 Å². The third-order valence-corrected chi connectivity index (χ3v) is 3.89. The second kappa shape index (κ2) is 16.4. The summed E-state index contributed by atoms with van der Waals surface area (Å²) < 4.78 is 16.4. The van der Waals surface area contributed by atoms with E-state index in [1.165, 1.54) is 19.3 Å². The van der Waals surface area contributed by atoms with Crippen LogP contribution in [0.25, 0.3) is 0 Å². The lowest BCUT2D eigenvalue weighted by Crippen LogP contribution is -2.12. The van der Waals surface area contributed by atoms with Gasteiger partial charge in [0, 0.05) is 18.5 Å². The van der Waals surface area contributed by atoms with Crippen LogP contribution in [0.15, 0.2) is 0 Å². The van der Waals surface area contributed by atoms with Crippen LogP contribution in [0, 0.1) is 5.92 Å². The molecule has 1 unspecified atom stereocenters. The molecule has 0 aliphatic heterocycles. The number of halogens is 1. The average Bonchev–Trinajstić information content (AvgIpc) is 2.43. The van der Waals surface area contributed by atoms with Crippen LogP contribution in [-0.2, 0) is 14.2 Å². The van der Waals surface area contributed by atoms with E-state index < -0.39 is 0 Å². The van der Waals surface area contributed by atoms with E-state index in [9.17, 15) is 0 Å². The van der Waals surface area contributed by atoms with Crippen molar-refractivity contribution >= 4 is 15.9 Å². The van der Waals surface area contributed by atoms with Crippen molar-refractivity contribution < 1.29 is 14.2 Å². The van der Waals surface area contributed by atoms with Gasteiger partial charge < -0.3 is 14.2 Å². The molecule has 116 valence electrons. The summed E-state index contributed by atoms with van der Waals surface area (Å²) in [4.78, 5) is 0. The second-order valence-corrected chi connectivity index (χ2v) is 5.44. The molecular formula is C15H31BrO3. The lowest BCUT2D eigenvalue weighted by atomic mass is 10.0. The Bertz CT molecular complexity index is 167. The first-order valence-electron chi connectivity index (χ1n) is 7.64. The van der Waals surface area contributed by atoms with Gasteiger partial charge in [-0.25, -0.2) is 0 Å². The maximum absolute atomic E-state index is 5.57. The fourth-order valence-corrected chi connectivity index (χ4v) is 2.39. The largest absolute Gasteiger partial charge is 0.379 e. The molecule has 0 rings (SSSR count). The SMILES string of the molecule is CCCCOCCOCCOCCC(CBr)CCC. The summed E-state index contributed by atoms with van der Waals surface area (Å²) in [5.74, 6) is 0.748. The van der Waals surface area contributed by atoms with Gasteiger partial charge in [-0.05, 0) is 25.2 Å². The summed E-state index contributed by atoms with van der Waals surface area (Å²) in [6.45, 7) is 8.81. The third kappa shape index (κ3) is 14.6. The Hall–Kier alpha value is 0.360. The average molecular weight is 339 g/mol. The Morgan fingerprint density at radius 1 is 0.737 bits per heavy atom. The van der Waals surface area contributed by atoms with Gasteiger partial charge in [-0.3, -0.25) is 0 Å². The van der Waals surface area contributed by atoms with Crippen molar-refractivity contribution in [3.63, 3.8) is 0 Å². The summed E-state index contributed by atoms with van der Waals surface area (Å²) in [6, 6.07) is 0. The zero-order chi connectivity index (χ0) is 14.2. The molecule has 0 radical (unpaired) electrons. The minimum absolute atomic E-state index is 0.671. The predicted octanol–water partition coefficient (Wildman–Crippen LogP) is 4.04. The topological polar surface area (TPSA) is 27.7 Å². The Morgan fingerprint density at radius 3 is 1.84 bits per heavy atom. The number of rotatable bonds is 15. The fraction of sp³-hybridized carbons (Fsp3) is 1.00. The number of hydrogen-bond donors (Lipinski definition) is 0. The molecule has 1 atom stereocenters. The van der Waals surface area contributed by atoms with E-state index in [2.05, 4.69) is 29.8 Å². The van der Waals surface area contributed by atoms with Crippen molar-refractivity contribution in [2.45, 2.75) is 46.0 Å². The molecule has 0 fully saturated rings. The van der Waals surface area contributed by atoms with Crippen LogP contribution < -0.4 is 0 Å². The molecule has 0 aliphatic carbocycles. The molecule has 0 heterocycles. The Morgan fingerprint density at radius 2 is 1.32 bits per heavy atom. The molecule has 0 spiro atoms. The lowest BCUT2D eigenvalue weighted by Gasteiger charge is -2.12. The van der Waals surface area contributed by atoms with Crippen LogP contribution >= 0.6 is 15.9 Å². The van der Waals surface area contributed by atoms with E-state index in [1.54, 1.807) is 0 Å². The van der Waals surface area contributed by atoms with Crippen LogP contribution in [0.4, 0.5) is 0 Å². The van der Waals surface area contributed by atoms with Crippen molar-refractivity contribution in [3.8, 4) is 0 Å². The predicted molar refractivity (Wildman–Crippen MR) is 84.2 cm³/mol. The highest BCUT2D eigenvalue weighted by Crippen LogP contribution is 2.13. The van der Waals surface area contributed by atoms with Crippen LogP contribution in [-0.4, -0.2) is 45.0 Å². The van der Waals surface area contributed by atoms with Crippen molar-refractivity contribution in [2.24, 2.45) is 5.92 Å². The van der Waals surface area contributed by atoms with Crippen molar-refractivity contribution in [1.82, 2.24) is 0 Å². The van der Waals surface area contributed by atoms with E-state index in [0.29, 0.717) is 26.4 Å². The minimum atomic E-state index is 0.671. The molecule has 0 aromatic carbocycles. The number of alkyl halides is 1. The Labute approximate surface area is 127 Å². The molecule has 4 heteroatoms. The van der Waals surface area contributed by atoms with Crippen LogP contribution in [0.2, 0.25) is 0 Å². The standard InChI is InChI=1S/C15H31BrO3/c1-3-5-8-17-10-12-19-13-11-18-9-7-15(14-16)6-4-2/h15H,3-14H2,1-2H3. The Kier molecular flexibility index (Phi) is 16.7. The highest BCUT2D eigenvalue weighted by Gasteiger charge is 2.05. The third-order valence-electron chi connectivity index (χ3n) is 2.97. The van der Waals surface area contributed by atoms with Gasteiger partial charge in [-0.2, -0.15) is 0 Å². The first-order valence-corrected chi connectivity index (χ1v) is 8.76. The molecule has 0 amide bonds. The molecule has 19 heavy (non-hydrogen) atoms. The first-order chi connectivity index (χ1) is 9.35. The molecule has 0 bridgehead atoms. The fourth-order valence-electron chi connectivity index (χ4n) is 1.75. The van der Waals surface area contributed by atoms with Gasteiger partial charge in [-0.1, -0.05) is 42.6 Å². The summed E-state index contributed by atoms with van der Waals surface area (Å²) in [6.07, 6.45) is 5.98. The zero-order valence-electron chi connectivity index (χ0n) is 12.7. The van der Waals surface area contributed by atoms with Crippen molar-refractivity contribution in [1.29, 1.82) is 0 Å². The molecule has 3 nitrogen and oxygen atoms in total. The quantitative estimate of drug-likeness (QED) is 0.333. The van der Waals surface area contributed by atoms with E-state index in [-0.39, 0.29) is 0 Å². The summed E-state index contributed by atoms with van der Waals surface area (Å²) >= 11 is 3.55. The van der Waals surface area contributed by atoms with E-state index in [4.69, 9.17) is 14.2 Å². The molecule has 0 N–H and O–H groups in total. The number of ether oxygens (including phenoxy) is 3. The van der Waals surface area contributed by atoms with E-state index in [0.717, 1.165) is 37.3 Å². The van der Waals surface area contributed by atoms with Crippen LogP contribution in [0.5, 0.6) is 0 Å².